The van der Waals surface area contributed by atoms with Gasteiger partial charge in [0.1, 0.15) is 5.82 Å². The average Bonchev–Trinajstić information content (AvgIpc) is 2.68. The molecule has 0 radical (unpaired) electrons. The van der Waals surface area contributed by atoms with E-state index >= 15 is 0 Å². The van der Waals surface area contributed by atoms with E-state index in [0.717, 1.165) is 0 Å². The fourth-order valence-electron chi connectivity index (χ4n) is 2.86. The summed E-state index contributed by atoms with van der Waals surface area (Å²) in [4.78, 5) is 0. The Morgan fingerprint density at radius 2 is 1.88 bits per heavy atom. The second-order valence-electron chi connectivity index (χ2n) is 4.77. The van der Waals surface area contributed by atoms with Crippen LogP contribution in [0.5, 0.6) is 0 Å². The molecule has 5 heteroatoms. The molecule has 16 heavy (non-hydrogen) atoms. The van der Waals surface area contributed by atoms with E-state index in [1.807, 2.05) is 0 Å². The van der Waals surface area contributed by atoms with E-state index in [2.05, 4.69) is 0 Å². The topological polar surface area (TPSA) is 66.5 Å². The van der Waals surface area contributed by atoms with Crippen molar-refractivity contribution in [2.45, 2.75) is 5.92 Å². The van der Waals surface area contributed by atoms with E-state index in [-0.39, 0.29) is 23.6 Å². The molecule has 0 spiro atoms. The molecule has 1 aliphatic heterocycles. The number of benzene rings is 1. The molecule has 2 fully saturated rings. The molecule has 0 aromatic heterocycles. The van der Waals surface area contributed by atoms with Gasteiger partial charge in [0, 0.05) is 17.2 Å². The third-order valence-electron chi connectivity index (χ3n) is 3.63. The molecule has 2 atom stereocenters. The predicted octanol–water partition coefficient (Wildman–Crippen LogP) is 2.50. The van der Waals surface area contributed by atoms with E-state index in [0.29, 0.717) is 22.8 Å². The fraction of sp³-hybridized carbons (Fsp3) is 0.455. The predicted molar refractivity (Wildman–Crippen MR) is 63.1 cm³/mol. The van der Waals surface area contributed by atoms with Crippen molar-refractivity contribution < 1.29 is 13.5 Å². The summed E-state index contributed by atoms with van der Waals surface area (Å²) in [5.74, 6) is 1.28. The van der Waals surface area contributed by atoms with Gasteiger partial charge < -0.3 is 5.73 Å². The van der Waals surface area contributed by atoms with Crippen LogP contribution in [-0.4, -0.2) is 20.6 Å². The zero-order valence-electron chi connectivity index (χ0n) is 8.64. The van der Waals surface area contributed by atoms with Crippen LogP contribution >= 0.6 is 10.6 Å². The molecule has 88 valence electrons. The van der Waals surface area contributed by atoms with Crippen LogP contribution in [0.1, 0.15) is 11.5 Å². The lowest BCUT2D eigenvalue weighted by Gasteiger charge is -2.29. The van der Waals surface area contributed by atoms with Gasteiger partial charge in [-0.2, -0.15) is 10.6 Å². The molecule has 1 heterocycles. The summed E-state index contributed by atoms with van der Waals surface area (Å²) >= 11 is 0. The molecule has 3 nitrogen and oxygen atoms in total. The van der Waals surface area contributed by atoms with Crippen molar-refractivity contribution in [1.82, 2.24) is 0 Å². The molecule has 1 saturated heterocycles. The number of halogens is 1. The second-order valence-corrected chi connectivity index (χ2v) is 7.04. The molecule has 1 aromatic carbocycles. The van der Waals surface area contributed by atoms with Gasteiger partial charge in [-0.1, -0.05) is 6.07 Å². The highest BCUT2D eigenvalue weighted by atomic mass is 32.3. The van der Waals surface area contributed by atoms with Gasteiger partial charge in [-0.05, 0) is 35.4 Å². The van der Waals surface area contributed by atoms with E-state index in [1.165, 1.54) is 6.07 Å². The van der Waals surface area contributed by atoms with Crippen molar-refractivity contribution in [2.75, 3.05) is 17.2 Å². The highest BCUT2D eigenvalue weighted by molar-refractivity contribution is 8.24. The Morgan fingerprint density at radius 3 is 2.44 bits per heavy atom. The van der Waals surface area contributed by atoms with E-state index in [1.54, 1.807) is 12.1 Å². The maximum atomic E-state index is 13.6. The van der Waals surface area contributed by atoms with Crippen molar-refractivity contribution >= 4 is 16.3 Å². The largest absolute Gasteiger partial charge is 0.399 e. The average molecular weight is 243 g/mol. The third kappa shape index (κ3) is 1.50. The molecule has 3 rings (SSSR count). The van der Waals surface area contributed by atoms with Crippen molar-refractivity contribution in [3.8, 4) is 0 Å². The summed E-state index contributed by atoms with van der Waals surface area (Å²) in [6, 6.07) is 4.76. The van der Waals surface area contributed by atoms with E-state index < -0.39 is 10.6 Å². The Balaban J connectivity index is 1.83. The quantitative estimate of drug-likeness (QED) is 0.664. The number of nitrogens with two attached hydrogens (primary N) is 1. The first kappa shape index (κ1) is 10.4. The molecule has 1 saturated carbocycles. The fourth-order valence-corrected chi connectivity index (χ4v) is 5.14. The van der Waals surface area contributed by atoms with Gasteiger partial charge >= 0.3 is 0 Å². The maximum absolute atomic E-state index is 13.6. The normalized spacial score (nSPS) is 36.8. The number of hydrogen-bond donors (Lipinski definition) is 3. The van der Waals surface area contributed by atoms with Crippen LogP contribution < -0.4 is 5.73 Å². The summed E-state index contributed by atoms with van der Waals surface area (Å²) in [6.45, 7) is 0. The number of anilines is 1. The molecule has 2 unspecified atom stereocenters. The van der Waals surface area contributed by atoms with Crippen molar-refractivity contribution in [1.29, 1.82) is 0 Å². The zero-order chi connectivity index (χ0) is 11.5. The Labute approximate surface area is 94.8 Å². The van der Waals surface area contributed by atoms with Crippen LogP contribution in [0.3, 0.4) is 0 Å². The van der Waals surface area contributed by atoms with Gasteiger partial charge in [-0.3, -0.25) is 9.11 Å². The van der Waals surface area contributed by atoms with Crippen LogP contribution in [0.4, 0.5) is 10.1 Å². The zero-order valence-corrected chi connectivity index (χ0v) is 9.45. The SMILES string of the molecule is Nc1ccc(C2C3CS(O)(O)CC32)c(F)c1. The monoisotopic (exact) mass is 243 g/mol. The Kier molecular flexibility index (Phi) is 2.02. The highest BCUT2D eigenvalue weighted by Crippen LogP contribution is 2.69. The van der Waals surface area contributed by atoms with E-state index in [4.69, 9.17) is 5.73 Å². The summed E-state index contributed by atoms with van der Waals surface area (Å²) in [5, 5.41) is 0. The molecular formula is C11H14FNO2S. The number of nitrogen functional groups attached to an aromatic ring is 1. The third-order valence-corrected chi connectivity index (χ3v) is 5.47. The smallest absolute Gasteiger partial charge is 0.128 e. The van der Waals surface area contributed by atoms with Crippen LogP contribution in [0, 0.1) is 17.7 Å². The van der Waals surface area contributed by atoms with Crippen LogP contribution in [0.15, 0.2) is 18.2 Å². The first-order valence-electron chi connectivity index (χ1n) is 5.26. The number of rotatable bonds is 1. The highest BCUT2D eigenvalue weighted by Gasteiger charge is 2.59. The van der Waals surface area contributed by atoms with Gasteiger partial charge in [0.2, 0.25) is 0 Å². The minimum Gasteiger partial charge on any atom is -0.399 e. The van der Waals surface area contributed by atoms with Crippen molar-refractivity contribution in [3.63, 3.8) is 0 Å². The van der Waals surface area contributed by atoms with Gasteiger partial charge in [0.05, 0.1) is 0 Å². The Bertz CT molecular complexity index is 438. The van der Waals surface area contributed by atoms with Crippen LogP contribution in [-0.2, 0) is 0 Å². The van der Waals surface area contributed by atoms with Gasteiger partial charge in [0.15, 0.2) is 0 Å². The lowest BCUT2D eigenvalue weighted by Crippen LogP contribution is -2.07. The molecule has 0 bridgehead atoms. The summed E-state index contributed by atoms with van der Waals surface area (Å²) < 4.78 is 32.6. The number of hydrogen-bond acceptors (Lipinski definition) is 3. The van der Waals surface area contributed by atoms with Crippen LogP contribution in [0.25, 0.3) is 0 Å². The van der Waals surface area contributed by atoms with Gasteiger partial charge in [-0.15, -0.1) is 0 Å². The molecule has 4 N–H and O–H groups in total. The molecule has 1 aliphatic carbocycles. The van der Waals surface area contributed by atoms with Gasteiger partial charge in [-0.25, -0.2) is 4.39 Å². The van der Waals surface area contributed by atoms with Crippen LogP contribution in [0.2, 0.25) is 0 Å². The molecular weight excluding hydrogens is 229 g/mol. The first-order chi connectivity index (χ1) is 7.48. The molecule has 1 aromatic rings. The molecule has 2 aliphatic rings. The molecule has 0 amide bonds. The lowest BCUT2D eigenvalue weighted by atomic mass is 10.1. The Morgan fingerprint density at radius 1 is 1.25 bits per heavy atom. The first-order valence-corrected chi connectivity index (χ1v) is 7.15. The standard InChI is InChI=1S/C11H14FNO2S/c12-10-3-6(13)1-2-7(10)11-8-4-16(14,15)5-9(8)11/h1-3,8-9,11,14-15H,4-5,13H2. The maximum Gasteiger partial charge on any atom is 0.128 e. The number of fused-ring (bicyclic) bond motifs is 1. The summed E-state index contributed by atoms with van der Waals surface area (Å²) in [5.41, 5.74) is 6.60. The minimum atomic E-state index is -2.35. The lowest BCUT2D eigenvalue weighted by molar-refractivity contribution is 0.487. The Hall–Kier alpha value is -0.780. The van der Waals surface area contributed by atoms with E-state index in [9.17, 15) is 13.5 Å². The van der Waals surface area contributed by atoms with Gasteiger partial charge in [0.25, 0.3) is 0 Å². The summed E-state index contributed by atoms with van der Waals surface area (Å²) in [7, 11) is -2.35. The minimum absolute atomic E-state index is 0.167. The second kappa shape index (κ2) is 3.12. The van der Waals surface area contributed by atoms with Crippen molar-refractivity contribution in [3.05, 3.63) is 29.6 Å². The summed E-state index contributed by atoms with van der Waals surface area (Å²) in [6.07, 6.45) is 0. The van der Waals surface area contributed by atoms with Crippen molar-refractivity contribution in [2.24, 2.45) is 11.8 Å².